The van der Waals surface area contributed by atoms with Crippen molar-refractivity contribution in [3.63, 3.8) is 0 Å². The maximum absolute atomic E-state index is 6.06. The molecule has 0 aliphatic carbocycles. The Balaban J connectivity index is 1.33. The fraction of sp³-hybridized carbons (Fsp3) is 0.143. The summed E-state index contributed by atoms with van der Waals surface area (Å²) in [7, 11) is 0. The molecule has 0 radical (unpaired) electrons. The highest BCUT2D eigenvalue weighted by Gasteiger charge is 2.18. The van der Waals surface area contributed by atoms with E-state index in [2.05, 4.69) is 92.0 Å². The van der Waals surface area contributed by atoms with E-state index in [1.807, 2.05) is 30.0 Å². The van der Waals surface area contributed by atoms with Crippen LogP contribution in [-0.2, 0) is 6.61 Å². The van der Waals surface area contributed by atoms with Gasteiger partial charge in [0.25, 0.3) is 0 Å². The highest BCUT2D eigenvalue weighted by molar-refractivity contribution is 7.99. The lowest BCUT2D eigenvalue weighted by Gasteiger charge is -2.23. The number of aryl methyl sites for hydroxylation is 1. The molecule has 1 unspecified atom stereocenters. The molecule has 4 aromatic rings. The Labute approximate surface area is 188 Å². The van der Waals surface area contributed by atoms with E-state index in [4.69, 9.17) is 4.74 Å². The van der Waals surface area contributed by atoms with Crippen molar-refractivity contribution < 1.29 is 4.74 Å². The van der Waals surface area contributed by atoms with E-state index in [0.29, 0.717) is 12.5 Å². The van der Waals surface area contributed by atoms with Crippen molar-refractivity contribution in [3.8, 4) is 5.75 Å². The first-order valence-corrected chi connectivity index (χ1v) is 11.4. The van der Waals surface area contributed by atoms with E-state index in [0.717, 1.165) is 5.75 Å². The third kappa shape index (κ3) is 4.19. The van der Waals surface area contributed by atoms with Crippen LogP contribution in [0.5, 0.6) is 5.75 Å². The largest absolute Gasteiger partial charge is 0.489 e. The van der Waals surface area contributed by atoms with Crippen molar-refractivity contribution in [3.05, 3.63) is 113 Å². The quantitative estimate of drug-likeness (QED) is 0.310. The summed E-state index contributed by atoms with van der Waals surface area (Å²) in [6.07, 6.45) is 0. The molecule has 2 nitrogen and oxygen atoms in total. The molecule has 1 N–H and O–H groups in total. The summed E-state index contributed by atoms with van der Waals surface area (Å²) in [4.78, 5) is 2.55. The van der Waals surface area contributed by atoms with Crippen LogP contribution in [-0.4, -0.2) is 0 Å². The minimum atomic E-state index is 0.302. The molecule has 0 aromatic heterocycles. The van der Waals surface area contributed by atoms with E-state index < -0.39 is 0 Å². The average Bonchev–Trinajstić information content (AvgIpc) is 2.81. The first-order chi connectivity index (χ1) is 15.2. The van der Waals surface area contributed by atoms with Crippen molar-refractivity contribution in [2.45, 2.75) is 36.2 Å². The van der Waals surface area contributed by atoms with Gasteiger partial charge in [0.05, 0.1) is 11.4 Å². The van der Waals surface area contributed by atoms with E-state index in [9.17, 15) is 0 Å². The van der Waals surface area contributed by atoms with Gasteiger partial charge in [-0.15, -0.1) is 0 Å². The van der Waals surface area contributed by atoms with E-state index in [1.54, 1.807) is 0 Å². The lowest BCUT2D eigenvalue weighted by molar-refractivity contribution is 0.304. The normalized spacial score (nSPS) is 13.0. The highest BCUT2D eigenvalue weighted by atomic mass is 32.2. The predicted molar refractivity (Wildman–Crippen MR) is 130 cm³/mol. The summed E-state index contributed by atoms with van der Waals surface area (Å²) in [5.74, 6) is 1.25. The van der Waals surface area contributed by atoms with E-state index in [-0.39, 0.29) is 0 Å². The van der Waals surface area contributed by atoms with Crippen LogP contribution in [0.1, 0.15) is 35.1 Å². The second-order valence-corrected chi connectivity index (χ2v) is 9.08. The lowest BCUT2D eigenvalue weighted by Crippen LogP contribution is -2.03. The Hall–Kier alpha value is -3.17. The second-order valence-electron chi connectivity index (χ2n) is 8.00. The SMILES string of the molecule is Cc1cc(C(C)c2ccc3c(c2)Nc2ccccc2S3)ccc1OCc1ccccc1. The molecule has 1 atom stereocenters. The molecule has 1 aliphatic rings. The highest BCUT2D eigenvalue weighted by Crippen LogP contribution is 2.45. The Bertz CT molecular complexity index is 1220. The molecule has 4 aromatic carbocycles. The van der Waals surface area contributed by atoms with Gasteiger partial charge in [-0.1, -0.05) is 79.3 Å². The molecule has 0 spiro atoms. The van der Waals surface area contributed by atoms with Crippen molar-refractivity contribution >= 4 is 23.1 Å². The number of hydrogen-bond acceptors (Lipinski definition) is 3. The Morgan fingerprint density at radius 2 is 1.48 bits per heavy atom. The number of benzene rings is 4. The lowest BCUT2D eigenvalue weighted by atomic mass is 9.91. The molecule has 0 saturated carbocycles. The Morgan fingerprint density at radius 1 is 0.774 bits per heavy atom. The molecule has 5 rings (SSSR count). The van der Waals surface area contributed by atoms with Gasteiger partial charge in [0.1, 0.15) is 12.4 Å². The minimum Gasteiger partial charge on any atom is -0.489 e. The zero-order valence-electron chi connectivity index (χ0n) is 17.8. The standard InChI is InChI=1S/C28H25NOS/c1-19-16-22(12-14-26(19)30-18-21-8-4-3-5-9-21)20(2)23-13-15-28-25(17-23)29-24-10-6-7-11-27(24)31-28/h3-17,20,29H,18H2,1-2H3. The van der Waals surface area contributed by atoms with Crippen LogP contribution in [0, 0.1) is 6.92 Å². The number of fused-ring (bicyclic) bond motifs is 2. The van der Waals surface area contributed by atoms with E-state index in [1.165, 1.54) is 43.4 Å². The molecule has 0 amide bonds. The van der Waals surface area contributed by atoms with Gasteiger partial charge in [-0.25, -0.2) is 0 Å². The molecule has 0 fully saturated rings. The summed E-state index contributed by atoms with van der Waals surface area (Å²) in [6.45, 7) is 4.98. The summed E-state index contributed by atoms with van der Waals surface area (Å²) in [5.41, 5.74) is 7.33. The predicted octanol–water partition coefficient (Wildman–Crippen LogP) is 7.93. The Morgan fingerprint density at radius 3 is 2.32 bits per heavy atom. The monoisotopic (exact) mass is 423 g/mol. The number of nitrogens with one attached hydrogen (secondary N) is 1. The maximum Gasteiger partial charge on any atom is 0.122 e. The number of para-hydroxylation sites is 1. The first kappa shape index (κ1) is 19.8. The average molecular weight is 424 g/mol. The van der Waals surface area contributed by atoms with Gasteiger partial charge in [0, 0.05) is 15.7 Å². The third-order valence-electron chi connectivity index (χ3n) is 5.82. The van der Waals surface area contributed by atoms with Gasteiger partial charge in [0.15, 0.2) is 0 Å². The van der Waals surface area contributed by atoms with Crippen molar-refractivity contribution in [1.82, 2.24) is 0 Å². The molecule has 154 valence electrons. The van der Waals surface area contributed by atoms with Gasteiger partial charge in [0.2, 0.25) is 0 Å². The summed E-state index contributed by atoms with van der Waals surface area (Å²) in [6, 6.07) is 32.1. The number of ether oxygens (including phenoxy) is 1. The van der Waals surface area contributed by atoms with Crippen molar-refractivity contribution in [2.75, 3.05) is 5.32 Å². The molecule has 0 saturated heterocycles. The smallest absolute Gasteiger partial charge is 0.122 e. The third-order valence-corrected chi connectivity index (χ3v) is 6.97. The van der Waals surface area contributed by atoms with Crippen LogP contribution >= 0.6 is 11.8 Å². The molecule has 31 heavy (non-hydrogen) atoms. The molecule has 0 bridgehead atoms. The van der Waals surface area contributed by atoms with E-state index >= 15 is 0 Å². The number of rotatable bonds is 5. The molecule has 1 heterocycles. The zero-order valence-corrected chi connectivity index (χ0v) is 18.6. The molecule has 1 aliphatic heterocycles. The van der Waals surface area contributed by atoms with Gasteiger partial charge >= 0.3 is 0 Å². The fourth-order valence-electron chi connectivity index (χ4n) is 3.96. The van der Waals surface area contributed by atoms with Crippen LogP contribution < -0.4 is 10.1 Å². The fourth-order valence-corrected chi connectivity index (χ4v) is 4.93. The van der Waals surface area contributed by atoms with Crippen molar-refractivity contribution in [1.29, 1.82) is 0 Å². The summed E-state index contributed by atoms with van der Waals surface area (Å²) >= 11 is 1.83. The van der Waals surface area contributed by atoms with Crippen LogP contribution in [0.3, 0.4) is 0 Å². The summed E-state index contributed by atoms with van der Waals surface area (Å²) < 4.78 is 6.06. The van der Waals surface area contributed by atoms with Gasteiger partial charge < -0.3 is 10.1 Å². The van der Waals surface area contributed by atoms with Crippen molar-refractivity contribution in [2.24, 2.45) is 0 Å². The zero-order chi connectivity index (χ0) is 21.2. The van der Waals surface area contributed by atoms with Crippen LogP contribution in [0.2, 0.25) is 0 Å². The topological polar surface area (TPSA) is 21.3 Å². The minimum absolute atomic E-state index is 0.302. The first-order valence-electron chi connectivity index (χ1n) is 10.6. The Kier molecular flexibility index (Phi) is 5.44. The molecular formula is C28H25NOS. The van der Waals surface area contributed by atoms with Gasteiger partial charge in [-0.3, -0.25) is 0 Å². The molecular weight excluding hydrogens is 398 g/mol. The van der Waals surface area contributed by atoms with Crippen LogP contribution in [0.15, 0.2) is 101 Å². The molecule has 3 heteroatoms. The number of anilines is 2. The van der Waals surface area contributed by atoms with Gasteiger partial charge in [-0.2, -0.15) is 0 Å². The summed E-state index contributed by atoms with van der Waals surface area (Å²) in [5, 5.41) is 3.60. The van der Waals surface area contributed by atoms with Gasteiger partial charge in [-0.05, 0) is 59.5 Å². The van der Waals surface area contributed by atoms with Crippen LogP contribution in [0.25, 0.3) is 0 Å². The number of hydrogen-bond donors (Lipinski definition) is 1. The maximum atomic E-state index is 6.06. The second kappa shape index (κ2) is 8.52. The van der Waals surface area contributed by atoms with Crippen LogP contribution in [0.4, 0.5) is 11.4 Å².